The Morgan fingerprint density at radius 3 is 2.75 bits per heavy atom. The third-order valence-corrected chi connectivity index (χ3v) is 3.89. The van der Waals surface area contributed by atoms with Crippen molar-refractivity contribution in [2.75, 3.05) is 33.4 Å². The minimum absolute atomic E-state index is 0.155. The highest BCUT2D eigenvalue weighted by molar-refractivity contribution is 4.90. The lowest BCUT2D eigenvalue weighted by Gasteiger charge is -2.45. The molecule has 3 heteroatoms. The lowest BCUT2D eigenvalue weighted by Crippen LogP contribution is -2.60. The maximum atomic E-state index is 5.32. The Bertz CT molecular complexity index is 206. The Morgan fingerprint density at radius 1 is 1.50 bits per heavy atom. The van der Waals surface area contributed by atoms with Crippen LogP contribution in [0.15, 0.2) is 0 Å². The highest BCUT2D eigenvalue weighted by Crippen LogP contribution is 2.20. The maximum absolute atomic E-state index is 5.32. The molecule has 0 aromatic rings. The van der Waals surface area contributed by atoms with E-state index >= 15 is 0 Å². The zero-order valence-electron chi connectivity index (χ0n) is 11.5. The van der Waals surface area contributed by atoms with Crippen LogP contribution in [-0.2, 0) is 4.74 Å². The number of hydrogen-bond donors (Lipinski definition) is 1. The Hall–Kier alpha value is -0.120. The van der Waals surface area contributed by atoms with Crippen molar-refractivity contribution < 1.29 is 4.74 Å². The average molecular weight is 228 g/mol. The van der Waals surface area contributed by atoms with Gasteiger partial charge in [-0.3, -0.25) is 4.90 Å². The summed E-state index contributed by atoms with van der Waals surface area (Å²) in [5.41, 5.74) is 0.155. The molecule has 0 aliphatic carbocycles. The first-order valence-corrected chi connectivity index (χ1v) is 6.48. The molecule has 1 rings (SSSR count). The van der Waals surface area contributed by atoms with Gasteiger partial charge in [0.15, 0.2) is 0 Å². The van der Waals surface area contributed by atoms with E-state index in [9.17, 15) is 0 Å². The van der Waals surface area contributed by atoms with E-state index in [0.29, 0.717) is 6.04 Å². The molecule has 0 aromatic carbocycles. The molecule has 96 valence electrons. The number of methoxy groups -OCH3 is 1. The van der Waals surface area contributed by atoms with Crippen molar-refractivity contribution in [3.8, 4) is 0 Å². The summed E-state index contributed by atoms with van der Waals surface area (Å²) in [5, 5.41) is 3.63. The fraction of sp³-hybridized carbons (Fsp3) is 1.00. The summed E-state index contributed by atoms with van der Waals surface area (Å²) in [6.07, 6.45) is 1.25. The number of rotatable bonds is 5. The molecule has 0 amide bonds. The summed E-state index contributed by atoms with van der Waals surface area (Å²) in [6.45, 7) is 13.3. The predicted octanol–water partition coefficient (Wildman–Crippen LogP) is 1.73. The van der Waals surface area contributed by atoms with Gasteiger partial charge in [-0.25, -0.2) is 0 Å². The second-order valence-corrected chi connectivity index (χ2v) is 5.64. The molecule has 0 aromatic heterocycles. The molecule has 1 N–H and O–H groups in total. The van der Waals surface area contributed by atoms with Crippen LogP contribution in [0.2, 0.25) is 0 Å². The van der Waals surface area contributed by atoms with Crippen LogP contribution in [0.4, 0.5) is 0 Å². The van der Waals surface area contributed by atoms with Gasteiger partial charge in [0, 0.05) is 38.3 Å². The van der Waals surface area contributed by atoms with E-state index in [2.05, 4.69) is 37.9 Å². The predicted molar refractivity (Wildman–Crippen MR) is 68.8 cm³/mol. The van der Waals surface area contributed by atoms with Crippen LogP contribution in [0.25, 0.3) is 0 Å². The van der Waals surface area contributed by atoms with Gasteiger partial charge in [-0.1, -0.05) is 20.3 Å². The first kappa shape index (κ1) is 13.9. The van der Waals surface area contributed by atoms with E-state index in [4.69, 9.17) is 4.74 Å². The summed E-state index contributed by atoms with van der Waals surface area (Å²) in [6, 6.07) is 0.634. The van der Waals surface area contributed by atoms with Gasteiger partial charge in [-0.05, 0) is 19.8 Å². The van der Waals surface area contributed by atoms with E-state index in [0.717, 1.165) is 32.2 Å². The van der Waals surface area contributed by atoms with Crippen LogP contribution < -0.4 is 5.32 Å². The van der Waals surface area contributed by atoms with Crippen LogP contribution in [-0.4, -0.2) is 49.8 Å². The molecule has 1 heterocycles. The number of nitrogens with zero attached hydrogens (tertiary/aromatic N) is 1. The lowest BCUT2D eigenvalue weighted by atomic mass is 9.94. The van der Waals surface area contributed by atoms with E-state index < -0.39 is 0 Å². The largest absolute Gasteiger partial charge is 0.383 e. The van der Waals surface area contributed by atoms with Gasteiger partial charge in [0.1, 0.15) is 0 Å². The minimum Gasteiger partial charge on any atom is -0.383 e. The van der Waals surface area contributed by atoms with Gasteiger partial charge in [-0.2, -0.15) is 0 Å². The second kappa shape index (κ2) is 5.99. The van der Waals surface area contributed by atoms with E-state index in [1.54, 1.807) is 7.11 Å². The first-order chi connectivity index (χ1) is 7.51. The van der Waals surface area contributed by atoms with Gasteiger partial charge in [0.05, 0.1) is 6.61 Å². The number of ether oxygens (including phenoxy) is 1. The van der Waals surface area contributed by atoms with Crippen molar-refractivity contribution in [1.82, 2.24) is 10.2 Å². The smallest absolute Gasteiger partial charge is 0.0641 e. The third kappa shape index (κ3) is 3.44. The van der Waals surface area contributed by atoms with Crippen molar-refractivity contribution in [3.63, 3.8) is 0 Å². The monoisotopic (exact) mass is 228 g/mol. The zero-order chi connectivity index (χ0) is 12.2. The molecule has 3 nitrogen and oxygen atoms in total. The Kier molecular flexibility index (Phi) is 5.22. The lowest BCUT2D eigenvalue weighted by molar-refractivity contribution is 0.0101. The molecule has 2 atom stereocenters. The van der Waals surface area contributed by atoms with Gasteiger partial charge in [0.25, 0.3) is 0 Å². The van der Waals surface area contributed by atoms with Crippen molar-refractivity contribution in [2.24, 2.45) is 5.92 Å². The highest BCUT2D eigenvalue weighted by atomic mass is 16.5. The molecule has 1 fully saturated rings. The fourth-order valence-electron chi connectivity index (χ4n) is 2.44. The number of nitrogens with one attached hydrogen (secondary N) is 1. The van der Waals surface area contributed by atoms with Crippen LogP contribution in [0.3, 0.4) is 0 Å². The average Bonchev–Trinajstić information content (AvgIpc) is 2.28. The standard InChI is InChI=1S/C13H28N2O/c1-6-11(2)12-9-15(8-7-14-12)13(3,4)10-16-5/h11-12,14H,6-10H2,1-5H3. The normalized spacial score (nSPS) is 25.7. The molecule has 1 saturated heterocycles. The molecule has 0 spiro atoms. The SMILES string of the molecule is CCC(C)C1CN(C(C)(C)COC)CCN1. The van der Waals surface area contributed by atoms with E-state index in [1.807, 2.05) is 0 Å². The molecule has 1 aliphatic rings. The van der Waals surface area contributed by atoms with Crippen molar-refractivity contribution >= 4 is 0 Å². The highest BCUT2D eigenvalue weighted by Gasteiger charge is 2.32. The fourth-order valence-corrected chi connectivity index (χ4v) is 2.44. The van der Waals surface area contributed by atoms with Gasteiger partial charge < -0.3 is 10.1 Å². The second-order valence-electron chi connectivity index (χ2n) is 5.64. The molecular weight excluding hydrogens is 200 g/mol. The molecule has 16 heavy (non-hydrogen) atoms. The number of hydrogen-bond acceptors (Lipinski definition) is 3. The Balaban J connectivity index is 2.55. The molecule has 2 unspecified atom stereocenters. The van der Waals surface area contributed by atoms with E-state index in [1.165, 1.54) is 6.42 Å². The zero-order valence-corrected chi connectivity index (χ0v) is 11.5. The van der Waals surface area contributed by atoms with Crippen LogP contribution >= 0.6 is 0 Å². The third-order valence-electron chi connectivity index (χ3n) is 3.89. The summed E-state index contributed by atoms with van der Waals surface area (Å²) in [5.74, 6) is 0.751. The van der Waals surface area contributed by atoms with Crippen LogP contribution in [0.5, 0.6) is 0 Å². The quantitative estimate of drug-likeness (QED) is 0.775. The van der Waals surface area contributed by atoms with Crippen molar-refractivity contribution in [2.45, 2.75) is 45.7 Å². The molecular formula is C13H28N2O. The summed E-state index contributed by atoms with van der Waals surface area (Å²) >= 11 is 0. The van der Waals surface area contributed by atoms with Crippen LogP contribution in [0.1, 0.15) is 34.1 Å². The number of piperazine rings is 1. The van der Waals surface area contributed by atoms with Crippen LogP contribution in [0, 0.1) is 5.92 Å². The van der Waals surface area contributed by atoms with Gasteiger partial charge in [-0.15, -0.1) is 0 Å². The van der Waals surface area contributed by atoms with Gasteiger partial charge in [0.2, 0.25) is 0 Å². The molecule has 0 saturated carbocycles. The topological polar surface area (TPSA) is 24.5 Å². The minimum atomic E-state index is 0.155. The molecule has 1 aliphatic heterocycles. The summed E-state index contributed by atoms with van der Waals surface area (Å²) in [4.78, 5) is 2.56. The van der Waals surface area contributed by atoms with Crippen molar-refractivity contribution in [3.05, 3.63) is 0 Å². The van der Waals surface area contributed by atoms with E-state index in [-0.39, 0.29) is 5.54 Å². The van der Waals surface area contributed by atoms with Gasteiger partial charge >= 0.3 is 0 Å². The summed E-state index contributed by atoms with van der Waals surface area (Å²) in [7, 11) is 1.79. The Morgan fingerprint density at radius 2 is 2.19 bits per heavy atom. The maximum Gasteiger partial charge on any atom is 0.0641 e. The molecule has 0 radical (unpaired) electrons. The summed E-state index contributed by atoms with van der Waals surface area (Å²) < 4.78 is 5.32. The van der Waals surface area contributed by atoms with Crippen molar-refractivity contribution in [1.29, 1.82) is 0 Å². The Labute approximate surface area is 101 Å². The first-order valence-electron chi connectivity index (χ1n) is 6.48. The molecule has 0 bridgehead atoms.